The average molecular weight is 223 g/mol. The Balaban J connectivity index is 2.45. The lowest BCUT2D eigenvalue weighted by atomic mass is 10.3. The highest BCUT2D eigenvalue weighted by atomic mass is 32.2. The highest BCUT2D eigenvalue weighted by molar-refractivity contribution is 7.98. The van der Waals surface area contributed by atoms with Gasteiger partial charge in [0.1, 0.15) is 11.6 Å². The lowest BCUT2D eigenvalue weighted by Crippen LogP contribution is -2.01. The van der Waals surface area contributed by atoms with E-state index in [1.807, 2.05) is 6.26 Å². The molecule has 0 aliphatic rings. The fourth-order valence-electron chi connectivity index (χ4n) is 1.29. The molecule has 0 amide bonds. The van der Waals surface area contributed by atoms with Gasteiger partial charge in [-0.3, -0.25) is 0 Å². The molecule has 0 bridgehead atoms. The fraction of sp³-hybridized carbons (Fsp3) is 0.100. The monoisotopic (exact) mass is 223 g/mol. The van der Waals surface area contributed by atoms with Crippen LogP contribution in [0.4, 0.5) is 10.2 Å². The normalized spacial score (nSPS) is 10.5. The van der Waals surface area contributed by atoms with Gasteiger partial charge in [-0.15, -0.1) is 11.8 Å². The minimum absolute atomic E-state index is 0.269. The zero-order chi connectivity index (χ0) is 10.8. The predicted octanol–water partition coefficient (Wildman–Crippen LogP) is 2.32. The maximum atomic E-state index is 12.7. The molecular formula is C10H10FN3S. The number of nitrogens with two attached hydrogens (primary N) is 1. The van der Waals surface area contributed by atoms with Crippen LogP contribution in [0.1, 0.15) is 0 Å². The Bertz CT molecular complexity index is 464. The topological polar surface area (TPSA) is 43.8 Å². The third kappa shape index (κ3) is 1.83. The number of benzene rings is 1. The molecule has 1 heterocycles. The summed E-state index contributed by atoms with van der Waals surface area (Å²) in [5.74, 6) is 0.309. The Morgan fingerprint density at radius 3 is 2.53 bits per heavy atom. The molecule has 2 N–H and O–H groups in total. The van der Waals surface area contributed by atoms with Crippen molar-refractivity contribution in [2.75, 3.05) is 12.0 Å². The molecular weight excluding hydrogens is 213 g/mol. The van der Waals surface area contributed by atoms with Crippen LogP contribution in [0.3, 0.4) is 0 Å². The molecule has 15 heavy (non-hydrogen) atoms. The second-order valence-corrected chi connectivity index (χ2v) is 3.83. The number of rotatable bonds is 2. The second kappa shape index (κ2) is 3.94. The summed E-state index contributed by atoms with van der Waals surface area (Å²) in [5, 5.41) is 4.13. The lowest BCUT2D eigenvalue weighted by molar-refractivity contribution is 0.627. The summed E-state index contributed by atoms with van der Waals surface area (Å²) in [6, 6.07) is 6.05. The molecule has 0 fully saturated rings. The number of hydrogen-bond donors (Lipinski definition) is 1. The van der Waals surface area contributed by atoms with Crippen LogP contribution < -0.4 is 5.73 Å². The molecule has 0 saturated heterocycles. The first-order valence-electron chi connectivity index (χ1n) is 4.36. The minimum Gasteiger partial charge on any atom is -0.383 e. The van der Waals surface area contributed by atoms with Crippen LogP contribution >= 0.6 is 11.8 Å². The van der Waals surface area contributed by atoms with Gasteiger partial charge in [-0.25, -0.2) is 9.07 Å². The van der Waals surface area contributed by atoms with Crippen molar-refractivity contribution in [3.8, 4) is 5.69 Å². The van der Waals surface area contributed by atoms with Crippen molar-refractivity contribution in [2.45, 2.75) is 4.90 Å². The smallest absolute Gasteiger partial charge is 0.140 e. The average Bonchev–Trinajstić information content (AvgIpc) is 2.61. The van der Waals surface area contributed by atoms with Crippen LogP contribution in [0.5, 0.6) is 0 Å². The van der Waals surface area contributed by atoms with Crippen LogP contribution in [0, 0.1) is 5.82 Å². The first kappa shape index (κ1) is 10.0. The molecule has 0 radical (unpaired) electrons. The Hall–Kier alpha value is -1.49. The van der Waals surface area contributed by atoms with Crippen molar-refractivity contribution in [3.05, 3.63) is 36.3 Å². The molecule has 1 aromatic carbocycles. The third-order valence-corrected chi connectivity index (χ3v) is 2.82. The molecule has 0 atom stereocenters. The molecule has 0 aliphatic carbocycles. The van der Waals surface area contributed by atoms with Crippen LogP contribution in [-0.4, -0.2) is 16.0 Å². The predicted molar refractivity (Wildman–Crippen MR) is 59.7 cm³/mol. The summed E-state index contributed by atoms with van der Waals surface area (Å²) < 4.78 is 14.3. The maximum absolute atomic E-state index is 12.7. The van der Waals surface area contributed by atoms with Crippen LogP contribution in [0.15, 0.2) is 35.4 Å². The number of hydrogen-bond acceptors (Lipinski definition) is 3. The van der Waals surface area contributed by atoms with E-state index in [-0.39, 0.29) is 5.82 Å². The van der Waals surface area contributed by atoms with E-state index >= 15 is 0 Å². The molecule has 1 aromatic heterocycles. The number of aromatic nitrogens is 2. The van der Waals surface area contributed by atoms with Gasteiger partial charge in [0.05, 0.1) is 16.8 Å². The number of thioether (sulfide) groups is 1. The standard InChI is InChI=1S/C10H10FN3S/c1-15-9-6-13-14(10(9)12)8-4-2-7(11)3-5-8/h2-6H,12H2,1H3. The highest BCUT2D eigenvalue weighted by Gasteiger charge is 2.07. The van der Waals surface area contributed by atoms with Crippen molar-refractivity contribution >= 4 is 17.6 Å². The largest absolute Gasteiger partial charge is 0.383 e. The highest BCUT2D eigenvalue weighted by Crippen LogP contribution is 2.24. The molecule has 2 rings (SSSR count). The van der Waals surface area contributed by atoms with Gasteiger partial charge in [-0.05, 0) is 30.5 Å². The van der Waals surface area contributed by atoms with Crippen molar-refractivity contribution in [1.29, 1.82) is 0 Å². The van der Waals surface area contributed by atoms with Gasteiger partial charge in [-0.1, -0.05) is 0 Å². The van der Waals surface area contributed by atoms with Gasteiger partial charge in [0, 0.05) is 0 Å². The Morgan fingerprint density at radius 2 is 2.00 bits per heavy atom. The molecule has 78 valence electrons. The van der Waals surface area contributed by atoms with Crippen molar-refractivity contribution < 1.29 is 4.39 Å². The molecule has 3 nitrogen and oxygen atoms in total. The first-order chi connectivity index (χ1) is 7.22. The molecule has 0 unspecified atom stereocenters. The zero-order valence-corrected chi connectivity index (χ0v) is 8.96. The molecule has 0 aliphatic heterocycles. The zero-order valence-electron chi connectivity index (χ0n) is 8.14. The molecule has 2 aromatic rings. The van der Waals surface area contributed by atoms with E-state index in [1.165, 1.54) is 23.9 Å². The number of halogens is 1. The van der Waals surface area contributed by atoms with E-state index in [9.17, 15) is 4.39 Å². The van der Waals surface area contributed by atoms with Gasteiger partial charge < -0.3 is 5.73 Å². The molecule has 0 saturated carbocycles. The van der Waals surface area contributed by atoms with E-state index < -0.39 is 0 Å². The lowest BCUT2D eigenvalue weighted by Gasteiger charge is -2.03. The van der Waals surface area contributed by atoms with Crippen molar-refractivity contribution in [2.24, 2.45) is 0 Å². The summed E-state index contributed by atoms with van der Waals surface area (Å²) in [7, 11) is 0. The van der Waals surface area contributed by atoms with E-state index in [2.05, 4.69) is 5.10 Å². The van der Waals surface area contributed by atoms with Gasteiger partial charge in [0.2, 0.25) is 0 Å². The quantitative estimate of drug-likeness (QED) is 0.794. The van der Waals surface area contributed by atoms with E-state index in [1.54, 1.807) is 23.0 Å². The minimum atomic E-state index is -0.269. The second-order valence-electron chi connectivity index (χ2n) is 2.99. The summed E-state index contributed by atoms with van der Waals surface area (Å²) in [4.78, 5) is 0.916. The molecule has 5 heteroatoms. The van der Waals surface area contributed by atoms with Gasteiger partial charge in [-0.2, -0.15) is 5.10 Å². The summed E-state index contributed by atoms with van der Waals surface area (Å²) in [6.45, 7) is 0. The van der Waals surface area contributed by atoms with Gasteiger partial charge in [0.25, 0.3) is 0 Å². The Kier molecular flexibility index (Phi) is 2.64. The first-order valence-corrected chi connectivity index (χ1v) is 5.58. The van der Waals surface area contributed by atoms with Crippen LogP contribution in [0.2, 0.25) is 0 Å². The van der Waals surface area contributed by atoms with E-state index in [0.29, 0.717) is 5.82 Å². The van der Waals surface area contributed by atoms with Crippen LogP contribution in [0.25, 0.3) is 5.69 Å². The molecule has 0 spiro atoms. The summed E-state index contributed by atoms with van der Waals surface area (Å²) >= 11 is 1.53. The SMILES string of the molecule is CSc1cnn(-c2ccc(F)cc2)c1N. The van der Waals surface area contributed by atoms with Gasteiger partial charge >= 0.3 is 0 Å². The third-order valence-electron chi connectivity index (χ3n) is 2.06. The Labute approximate surface area is 91.1 Å². The fourth-order valence-corrected chi connectivity index (χ4v) is 1.74. The Morgan fingerprint density at radius 1 is 1.33 bits per heavy atom. The summed E-state index contributed by atoms with van der Waals surface area (Å²) in [5.41, 5.74) is 6.63. The maximum Gasteiger partial charge on any atom is 0.140 e. The van der Waals surface area contributed by atoms with Gasteiger partial charge in [0.15, 0.2) is 0 Å². The summed E-state index contributed by atoms with van der Waals surface area (Å²) in [6.07, 6.45) is 3.63. The number of nitrogens with zero attached hydrogens (tertiary/aromatic N) is 2. The number of nitrogen functional groups attached to an aromatic ring is 1. The van der Waals surface area contributed by atoms with E-state index in [4.69, 9.17) is 5.73 Å². The van der Waals surface area contributed by atoms with E-state index in [0.717, 1.165) is 10.6 Å². The van der Waals surface area contributed by atoms with Crippen molar-refractivity contribution in [3.63, 3.8) is 0 Å². The van der Waals surface area contributed by atoms with Crippen LogP contribution in [-0.2, 0) is 0 Å². The number of anilines is 1. The van der Waals surface area contributed by atoms with Crippen molar-refractivity contribution in [1.82, 2.24) is 9.78 Å².